The van der Waals surface area contributed by atoms with Crippen molar-refractivity contribution >= 4 is 0 Å². The van der Waals surface area contributed by atoms with Crippen LogP contribution >= 0.6 is 0 Å². The molecule has 0 bridgehead atoms. The minimum atomic E-state index is 0.522. The van der Waals surface area contributed by atoms with Gasteiger partial charge in [-0.25, -0.2) is 0 Å². The van der Waals surface area contributed by atoms with Gasteiger partial charge in [0.15, 0.2) is 24.5 Å². The average Bonchev–Trinajstić information content (AvgIpc) is 2.16. The van der Waals surface area contributed by atoms with Gasteiger partial charge in [-0.05, 0) is 41.5 Å². The lowest BCUT2D eigenvalue weighted by Crippen LogP contribution is -2.55. The summed E-state index contributed by atoms with van der Waals surface area (Å²) in [6.45, 7) is 13.4. The van der Waals surface area contributed by atoms with Crippen molar-refractivity contribution in [3.63, 3.8) is 0 Å². The number of aromatic nitrogens is 2. The first-order valence-corrected chi connectivity index (χ1v) is 5.90. The molecule has 0 aliphatic heterocycles. The van der Waals surface area contributed by atoms with E-state index >= 15 is 0 Å². The van der Waals surface area contributed by atoms with Gasteiger partial charge in [0, 0.05) is 0 Å². The summed E-state index contributed by atoms with van der Waals surface area (Å²) in [4.78, 5) is 0. The van der Waals surface area contributed by atoms with Crippen molar-refractivity contribution in [1.29, 1.82) is 0 Å². The normalized spacial score (nSPS) is 11.8. The highest BCUT2D eigenvalue weighted by atomic mass is 15.1. The van der Waals surface area contributed by atoms with Gasteiger partial charge in [0.25, 0.3) is 0 Å². The number of hydrogen-bond donors (Lipinski definition) is 0. The number of hydrogen-bond acceptors (Lipinski definition) is 0. The fourth-order valence-electron chi connectivity index (χ4n) is 1.98. The fourth-order valence-corrected chi connectivity index (χ4v) is 1.98. The zero-order valence-electron chi connectivity index (χ0n) is 10.9. The van der Waals surface area contributed by atoms with Crippen LogP contribution in [-0.2, 0) is 0 Å². The van der Waals surface area contributed by atoms with Crippen LogP contribution < -0.4 is 9.13 Å². The third-order valence-electron chi connectivity index (χ3n) is 2.65. The van der Waals surface area contributed by atoms with Gasteiger partial charge < -0.3 is 0 Å². The van der Waals surface area contributed by atoms with E-state index in [1.165, 1.54) is 5.82 Å². The molecule has 0 aliphatic rings. The summed E-state index contributed by atoms with van der Waals surface area (Å²) >= 11 is 0. The van der Waals surface area contributed by atoms with Crippen LogP contribution in [0.15, 0.2) is 18.5 Å². The first-order chi connectivity index (χ1) is 6.95. The molecule has 15 heavy (non-hydrogen) atoms. The summed E-state index contributed by atoms with van der Waals surface area (Å²) < 4.78 is 4.73. The molecule has 0 atom stereocenters. The van der Waals surface area contributed by atoms with Gasteiger partial charge >= 0.3 is 5.82 Å². The van der Waals surface area contributed by atoms with Crippen LogP contribution in [0.25, 0.3) is 0 Å². The Morgan fingerprint density at radius 2 is 1.20 bits per heavy atom. The highest BCUT2D eigenvalue weighted by Crippen LogP contribution is 2.08. The van der Waals surface area contributed by atoms with Crippen LogP contribution in [0, 0.1) is 0 Å². The molecule has 84 valence electrons. The molecule has 1 heterocycles. The topological polar surface area (TPSA) is 7.76 Å². The van der Waals surface area contributed by atoms with E-state index in [0.717, 1.165) is 0 Å². The van der Waals surface area contributed by atoms with Crippen LogP contribution in [0.4, 0.5) is 0 Å². The van der Waals surface area contributed by atoms with Crippen molar-refractivity contribution in [3.05, 3.63) is 24.3 Å². The van der Waals surface area contributed by atoms with Gasteiger partial charge in [-0.3, -0.25) is 0 Å². The maximum absolute atomic E-state index is 2.37. The third kappa shape index (κ3) is 2.55. The standard InChI is InChI=1S/C13H24N2/c1-10(2)13-14(11(3)4)8-7-9-15(13)12(5)6/h7-12H,1-6H3/q+2. The Bertz CT molecular complexity index is 301. The summed E-state index contributed by atoms with van der Waals surface area (Å²) in [5, 5.41) is 0. The summed E-state index contributed by atoms with van der Waals surface area (Å²) in [5.41, 5.74) is 0. The summed E-state index contributed by atoms with van der Waals surface area (Å²) in [7, 11) is 0. The maximum atomic E-state index is 2.37. The van der Waals surface area contributed by atoms with E-state index < -0.39 is 0 Å². The Hall–Kier alpha value is -0.920. The Labute approximate surface area is 93.6 Å². The average molecular weight is 208 g/mol. The van der Waals surface area contributed by atoms with Crippen molar-refractivity contribution in [3.8, 4) is 0 Å². The minimum absolute atomic E-state index is 0.522. The lowest BCUT2D eigenvalue weighted by atomic mass is 10.1. The number of rotatable bonds is 3. The van der Waals surface area contributed by atoms with Crippen molar-refractivity contribution in [1.82, 2.24) is 0 Å². The predicted octanol–water partition coefficient (Wildman–Crippen LogP) is 2.55. The molecule has 0 spiro atoms. The second kappa shape index (κ2) is 4.73. The van der Waals surface area contributed by atoms with Gasteiger partial charge in [-0.1, -0.05) is 0 Å². The molecule has 0 unspecified atom stereocenters. The van der Waals surface area contributed by atoms with Crippen molar-refractivity contribution in [2.24, 2.45) is 0 Å². The Kier molecular flexibility index (Phi) is 3.83. The molecule has 1 aromatic rings. The van der Waals surface area contributed by atoms with Crippen LogP contribution in [0.2, 0.25) is 0 Å². The first kappa shape index (κ1) is 12.2. The Balaban J connectivity index is 3.35. The Morgan fingerprint density at radius 3 is 1.47 bits per heavy atom. The molecule has 0 saturated heterocycles. The third-order valence-corrected chi connectivity index (χ3v) is 2.65. The molecular formula is C13H24N2+2. The lowest BCUT2D eigenvalue weighted by Gasteiger charge is -2.10. The quantitative estimate of drug-likeness (QED) is 0.674. The molecular weight excluding hydrogens is 184 g/mol. The fraction of sp³-hybridized carbons (Fsp3) is 0.692. The van der Waals surface area contributed by atoms with E-state index in [-0.39, 0.29) is 0 Å². The SMILES string of the molecule is CC(C)c1[n+](C(C)C)ccc[n+]1C(C)C. The van der Waals surface area contributed by atoms with Crippen LogP contribution in [-0.4, -0.2) is 0 Å². The van der Waals surface area contributed by atoms with Gasteiger partial charge in [-0.15, -0.1) is 9.13 Å². The first-order valence-electron chi connectivity index (χ1n) is 5.90. The van der Waals surface area contributed by atoms with E-state index in [1.807, 2.05) is 0 Å². The Morgan fingerprint density at radius 1 is 0.800 bits per heavy atom. The monoisotopic (exact) mass is 208 g/mol. The van der Waals surface area contributed by atoms with Crippen molar-refractivity contribution < 1.29 is 9.13 Å². The molecule has 0 radical (unpaired) electrons. The van der Waals surface area contributed by atoms with E-state index in [2.05, 4.69) is 69.1 Å². The molecule has 2 heteroatoms. The highest BCUT2D eigenvalue weighted by molar-refractivity contribution is 4.78. The van der Waals surface area contributed by atoms with E-state index in [9.17, 15) is 0 Å². The van der Waals surface area contributed by atoms with Gasteiger partial charge in [0.1, 0.15) is 5.92 Å². The van der Waals surface area contributed by atoms with E-state index in [1.54, 1.807) is 0 Å². The molecule has 0 fully saturated rings. The lowest BCUT2D eigenvalue weighted by molar-refractivity contribution is -0.854. The van der Waals surface area contributed by atoms with E-state index in [0.29, 0.717) is 18.0 Å². The maximum Gasteiger partial charge on any atom is 0.420 e. The summed E-state index contributed by atoms with van der Waals surface area (Å²) in [5.74, 6) is 1.96. The molecule has 0 saturated carbocycles. The van der Waals surface area contributed by atoms with Crippen LogP contribution in [0.1, 0.15) is 65.4 Å². The van der Waals surface area contributed by atoms with Crippen LogP contribution in [0.5, 0.6) is 0 Å². The van der Waals surface area contributed by atoms with Crippen molar-refractivity contribution in [2.75, 3.05) is 0 Å². The number of nitrogens with zero attached hydrogens (tertiary/aromatic N) is 2. The van der Waals surface area contributed by atoms with Gasteiger partial charge in [-0.2, -0.15) is 0 Å². The second-order valence-electron chi connectivity index (χ2n) is 5.01. The molecule has 0 aromatic carbocycles. The summed E-state index contributed by atoms with van der Waals surface area (Å²) in [6, 6.07) is 3.17. The molecule has 0 N–H and O–H groups in total. The highest BCUT2D eigenvalue weighted by Gasteiger charge is 2.30. The zero-order valence-corrected chi connectivity index (χ0v) is 10.9. The molecule has 0 aliphatic carbocycles. The molecule has 1 rings (SSSR count). The zero-order chi connectivity index (χ0) is 11.6. The minimum Gasteiger partial charge on any atom is -0.145 e. The van der Waals surface area contributed by atoms with Gasteiger partial charge in [0.05, 0.1) is 6.07 Å². The van der Waals surface area contributed by atoms with E-state index in [4.69, 9.17) is 0 Å². The predicted molar refractivity (Wildman–Crippen MR) is 61.7 cm³/mol. The molecule has 0 amide bonds. The van der Waals surface area contributed by atoms with Crippen molar-refractivity contribution in [2.45, 2.75) is 59.5 Å². The molecule has 1 aromatic heterocycles. The second-order valence-corrected chi connectivity index (χ2v) is 5.01. The van der Waals surface area contributed by atoms with Gasteiger partial charge in [0.2, 0.25) is 0 Å². The largest absolute Gasteiger partial charge is 0.420 e. The summed E-state index contributed by atoms with van der Waals surface area (Å²) in [6.07, 6.45) is 4.36. The van der Waals surface area contributed by atoms with Crippen LogP contribution in [0.3, 0.4) is 0 Å². The smallest absolute Gasteiger partial charge is 0.145 e. The molecule has 2 nitrogen and oxygen atoms in total.